The van der Waals surface area contributed by atoms with Crippen molar-refractivity contribution in [3.05, 3.63) is 29.8 Å². The Kier molecular flexibility index (Phi) is 9.87. The number of benzene rings is 1. The van der Waals surface area contributed by atoms with Gasteiger partial charge in [0.15, 0.2) is 5.96 Å². The quantitative estimate of drug-likeness (QED) is 0.352. The molecule has 0 aliphatic rings. The van der Waals surface area contributed by atoms with Gasteiger partial charge >= 0.3 is 0 Å². The van der Waals surface area contributed by atoms with Crippen LogP contribution < -0.4 is 15.4 Å². The standard InChI is InChI=1S/C18H31N3O2/c1-4-6-7-8-13-20-18(19-5-2)21-14-17(22)15-9-11-16(23-3)12-10-15/h9-12,17,22H,4-8,13-14H2,1-3H3,(H2,19,20,21). The van der Waals surface area contributed by atoms with Crippen molar-refractivity contribution in [1.82, 2.24) is 10.6 Å². The van der Waals surface area contributed by atoms with E-state index < -0.39 is 6.10 Å². The largest absolute Gasteiger partial charge is 0.497 e. The lowest BCUT2D eigenvalue weighted by Gasteiger charge is -2.13. The van der Waals surface area contributed by atoms with Crippen LogP contribution >= 0.6 is 0 Å². The van der Waals surface area contributed by atoms with Gasteiger partial charge in [0.25, 0.3) is 0 Å². The number of nitrogens with one attached hydrogen (secondary N) is 2. The van der Waals surface area contributed by atoms with E-state index in [4.69, 9.17) is 4.74 Å². The third-order valence-electron chi connectivity index (χ3n) is 3.59. The summed E-state index contributed by atoms with van der Waals surface area (Å²) in [5.41, 5.74) is 0.841. The molecule has 1 unspecified atom stereocenters. The van der Waals surface area contributed by atoms with Gasteiger partial charge in [0, 0.05) is 13.1 Å². The molecule has 1 aromatic carbocycles. The number of nitrogens with zero attached hydrogens (tertiary/aromatic N) is 1. The number of ether oxygens (including phenoxy) is 1. The molecule has 3 N–H and O–H groups in total. The van der Waals surface area contributed by atoms with E-state index in [1.54, 1.807) is 7.11 Å². The molecule has 0 aromatic heterocycles. The molecular formula is C18H31N3O2. The highest BCUT2D eigenvalue weighted by Crippen LogP contribution is 2.17. The minimum Gasteiger partial charge on any atom is -0.497 e. The lowest BCUT2D eigenvalue weighted by atomic mass is 10.1. The van der Waals surface area contributed by atoms with Crippen LogP contribution in [0, 0.1) is 0 Å². The Labute approximate surface area is 140 Å². The molecule has 0 aliphatic carbocycles. The first-order chi connectivity index (χ1) is 11.2. The van der Waals surface area contributed by atoms with Crippen molar-refractivity contribution in [2.24, 2.45) is 4.99 Å². The van der Waals surface area contributed by atoms with Crippen LogP contribution in [0.3, 0.4) is 0 Å². The van der Waals surface area contributed by atoms with Crippen LogP contribution in [0.2, 0.25) is 0 Å². The summed E-state index contributed by atoms with van der Waals surface area (Å²) in [5.74, 6) is 1.54. The van der Waals surface area contributed by atoms with Gasteiger partial charge in [0.05, 0.1) is 19.8 Å². The Bertz CT molecular complexity index is 446. The summed E-state index contributed by atoms with van der Waals surface area (Å²) in [6, 6.07) is 7.42. The van der Waals surface area contributed by atoms with Crippen molar-refractivity contribution in [2.45, 2.75) is 45.6 Å². The van der Waals surface area contributed by atoms with E-state index in [2.05, 4.69) is 22.5 Å². The number of aliphatic hydroxyl groups is 1. The first kappa shape index (κ1) is 19.3. The smallest absolute Gasteiger partial charge is 0.191 e. The summed E-state index contributed by atoms with van der Waals surface area (Å²) in [6.45, 7) is 6.29. The van der Waals surface area contributed by atoms with Crippen molar-refractivity contribution in [3.63, 3.8) is 0 Å². The molecule has 0 heterocycles. The van der Waals surface area contributed by atoms with Crippen molar-refractivity contribution < 1.29 is 9.84 Å². The third-order valence-corrected chi connectivity index (χ3v) is 3.59. The number of hydrogen-bond donors (Lipinski definition) is 3. The second-order valence-electron chi connectivity index (χ2n) is 5.50. The van der Waals surface area contributed by atoms with Crippen LogP contribution in [-0.2, 0) is 0 Å². The molecule has 0 saturated carbocycles. The van der Waals surface area contributed by atoms with Crippen molar-refractivity contribution in [1.29, 1.82) is 0 Å². The van der Waals surface area contributed by atoms with Gasteiger partial charge in [-0.2, -0.15) is 0 Å². The lowest BCUT2D eigenvalue weighted by Crippen LogP contribution is -2.38. The van der Waals surface area contributed by atoms with Gasteiger partial charge in [-0.1, -0.05) is 38.3 Å². The molecule has 1 atom stereocenters. The summed E-state index contributed by atoms with van der Waals surface area (Å²) in [6.07, 6.45) is 4.26. The van der Waals surface area contributed by atoms with Crippen LogP contribution in [-0.4, -0.2) is 37.8 Å². The van der Waals surface area contributed by atoms with Gasteiger partial charge in [0.1, 0.15) is 5.75 Å². The minimum atomic E-state index is -0.614. The highest BCUT2D eigenvalue weighted by molar-refractivity contribution is 5.79. The Balaban J connectivity index is 2.47. The van der Waals surface area contributed by atoms with Gasteiger partial charge in [-0.25, -0.2) is 0 Å². The van der Waals surface area contributed by atoms with E-state index >= 15 is 0 Å². The van der Waals surface area contributed by atoms with Crippen LogP contribution in [0.1, 0.15) is 51.2 Å². The van der Waals surface area contributed by atoms with Crippen LogP contribution in [0.25, 0.3) is 0 Å². The molecule has 0 spiro atoms. The zero-order valence-corrected chi connectivity index (χ0v) is 14.6. The molecule has 0 bridgehead atoms. The average molecular weight is 321 g/mol. The molecule has 1 rings (SSSR count). The first-order valence-corrected chi connectivity index (χ1v) is 8.55. The van der Waals surface area contributed by atoms with Crippen LogP contribution in [0.15, 0.2) is 29.3 Å². The molecule has 5 nitrogen and oxygen atoms in total. The zero-order chi connectivity index (χ0) is 16.9. The second-order valence-corrected chi connectivity index (χ2v) is 5.50. The Hall–Kier alpha value is -1.75. The highest BCUT2D eigenvalue weighted by Gasteiger charge is 2.07. The molecule has 23 heavy (non-hydrogen) atoms. The summed E-state index contributed by atoms with van der Waals surface area (Å²) in [4.78, 5) is 4.46. The number of methoxy groups -OCH3 is 1. The molecule has 1 aromatic rings. The zero-order valence-electron chi connectivity index (χ0n) is 14.6. The number of aliphatic hydroxyl groups excluding tert-OH is 1. The fraction of sp³-hybridized carbons (Fsp3) is 0.611. The van der Waals surface area contributed by atoms with E-state index in [0.29, 0.717) is 6.54 Å². The average Bonchev–Trinajstić information content (AvgIpc) is 2.59. The molecule has 130 valence electrons. The number of hydrogen-bond acceptors (Lipinski definition) is 3. The van der Waals surface area contributed by atoms with Gasteiger partial charge in [-0.05, 0) is 31.0 Å². The molecule has 5 heteroatoms. The van der Waals surface area contributed by atoms with Crippen molar-refractivity contribution >= 4 is 5.96 Å². The Morgan fingerprint density at radius 1 is 1.13 bits per heavy atom. The van der Waals surface area contributed by atoms with Gasteiger partial charge in [0.2, 0.25) is 0 Å². The van der Waals surface area contributed by atoms with Gasteiger partial charge < -0.3 is 20.5 Å². The normalized spacial score (nSPS) is 12.8. The van der Waals surface area contributed by atoms with E-state index in [-0.39, 0.29) is 0 Å². The predicted molar refractivity (Wildman–Crippen MR) is 96.1 cm³/mol. The van der Waals surface area contributed by atoms with Crippen molar-refractivity contribution in [2.75, 3.05) is 26.7 Å². The molecule has 0 saturated heterocycles. The predicted octanol–water partition coefficient (Wildman–Crippen LogP) is 2.86. The van der Waals surface area contributed by atoms with Gasteiger partial charge in [-0.15, -0.1) is 0 Å². The molecule has 0 amide bonds. The third kappa shape index (κ3) is 7.88. The van der Waals surface area contributed by atoms with Crippen LogP contribution in [0.4, 0.5) is 0 Å². The maximum Gasteiger partial charge on any atom is 0.191 e. The van der Waals surface area contributed by atoms with E-state index in [1.165, 1.54) is 19.3 Å². The molecule has 0 fully saturated rings. The summed E-state index contributed by atoms with van der Waals surface area (Å²) >= 11 is 0. The number of guanidine groups is 1. The van der Waals surface area contributed by atoms with E-state index in [0.717, 1.165) is 36.8 Å². The minimum absolute atomic E-state index is 0.330. The van der Waals surface area contributed by atoms with Crippen LogP contribution in [0.5, 0.6) is 5.75 Å². The highest BCUT2D eigenvalue weighted by atomic mass is 16.5. The monoisotopic (exact) mass is 321 g/mol. The topological polar surface area (TPSA) is 65.9 Å². The number of aliphatic imine (C=N–C) groups is 1. The Morgan fingerprint density at radius 2 is 1.87 bits per heavy atom. The molecule has 0 aliphatic heterocycles. The van der Waals surface area contributed by atoms with E-state index in [9.17, 15) is 5.11 Å². The maximum absolute atomic E-state index is 10.2. The number of unbranched alkanes of at least 4 members (excludes halogenated alkanes) is 3. The maximum atomic E-state index is 10.2. The van der Waals surface area contributed by atoms with E-state index in [1.807, 2.05) is 31.2 Å². The van der Waals surface area contributed by atoms with Gasteiger partial charge in [-0.3, -0.25) is 4.99 Å². The second kappa shape index (κ2) is 11.8. The Morgan fingerprint density at radius 3 is 2.48 bits per heavy atom. The fourth-order valence-corrected chi connectivity index (χ4v) is 2.21. The van der Waals surface area contributed by atoms with Crippen molar-refractivity contribution in [3.8, 4) is 5.75 Å². The summed E-state index contributed by atoms with van der Waals surface area (Å²) < 4.78 is 5.12. The number of rotatable bonds is 10. The first-order valence-electron chi connectivity index (χ1n) is 8.55. The molecule has 0 radical (unpaired) electrons. The lowest BCUT2D eigenvalue weighted by molar-refractivity contribution is 0.187. The summed E-state index contributed by atoms with van der Waals surface area (Å²) in [7, 11) is 1.63. The fourth-order valence-electron chi connectivity index (χ4n) is 2.21. The summed E-state index contributed by atoms with van der Waals surface area (Å²) in [5, 5.41) is 16.8. The molecular weight excluding hydrogens is 290 g/mol. The SMILES string of the molecule is CCCCCCNC(=NCC(O)c1ccc(OC)cc1)NCC.